The highest BCUT2D eigenvalue weighted by Gasteiger charge is 2.62. The third kappa shape index (κ3) is 8.36. The summed E-state index contributed by atoms with van der Waals surface area (Å²) in [6, 6.07) is 0. The molecule has 1 aliphatic heterocycles. The highest BCUT2D eigenvalue weighted by Crippen LogP contribution is 2.39. The van der Waals surface area contributed by atoms with E-state index in [9.17, 15) is 37.2 Å². The average Bonchev–Trinajstić information content (AvgIpc) is 2.79. The van der Waals surface area contributed by atoms with Crippen LogP contribution in [0.4, 0.5) is 0 Å². The molecule has 5 atom stereocenters. The summed E-state index contributed by atoms with van der Waals surface area (Å²) in [5, 5.41) is 0. The maximum atomic E-state index is 14.2. The summed E-state index contributed by atoms with van der Waals surface area (Å²) in [4.78, 5) is 73.2. The minimum absolute atomic E-state index is 0.191. The number of ether oxygens (including phenoxy) is 7. The summed E-state index contributed by atoms with van der Waals surface area (Å²) in [6.07, 6.45) is -6.92. The van der Waals surface area contributed by atoms with Crippen LogP contribution in [0.15, 0.2) is 0 Å². The lowest BCUT2D eigenvalue weighted by Crippen LogP contribution is -2.66. The molecule has 0 amide bonds. The minimum Gasteiger partial charge on any atom is -0.465 e. The molecule has 0 spiro atoms. The molecule has 15 nitrogen and oxygen atoms in total. The molecule has 0 radical (unpaired) electrons. The molecule has 0 aliphatic carbocycles. The lowest BCUT2D eigenvalue weighted by Gasteiger charge is -2.46. The highest BCUT2D eigenvalue weighted by atomic mass is 32.2. The molecule has 1 fully saturated rings. The predicted molar refractivity (Wildman–Crippen MR) is 132 cm³/mol. The normalized spacial score (nSPS) is 23.0. The van der Waals surface area contributed by atoms with E-state index in [0.29, 0.717) is 0 Å². The number of rotatable bonds is 12. The fourth-order valence-electron chi connectivity index (χ4n) is 4.02. The number of esters is 6. The van der Waals surface area contributed by atoms with Gasteiger partial charge in [0.2, 0.25) is 0 Å². The third-order valence-electron chi connectivity index (χ3n) is 5.73. The second-order valence-corrected chi connectivity index (χ2v) is 11.8. The Hall–Kier alpha value is -3.27. The van der Waals surface area contributed by atoms with Gasteiger partial charge in [0.25, 0.3) is 0 Å². The van der Waals surface area contributed by atoms with E-state index in [0.717, 1.165) is 41.5 Å². The van der Waals surface area contributed by atoms with Crippen molar-refractivity contribution in [3.05, 3.63) is 0 Å². The van der Waals surface area contributed by atoms with Gasteiger partial charge in [-0.05, 0) is 27.7 Å². The molecule has 0 unspecified atom stereocenters. The van der Waals surface area contributed by atoms with Crippen molar-refractivity contribution in [3.8, 4) is 0 Å². The first kappa shape index (κ1) is 34.8. The first-order valence-electron chi connectivity index (χ1n) is 12.3. The van der Waals surface area contributed by atoms with Gasteiger partial charge in [-0.2, -0.15) is 0 Å². The zero-order valence-corrected chi connectivity index (χ0v) is 24.4. The Labute approximate surface area is 232 Å². The van der Waals surface area contributed by atoms with Crippen LogP contribution in [0.5, 0.6) is 0 Å². The SMILES string of the molecule is CCOC(=O)C(C(=O)OCC)C(C)(C)S(=O)(=O)[C@@H]1O[C@H](COC(C)=O)[C@@H](OC(C)=O)[C@H](OC(C)=O)[C@H]1OC(C)=O. The number of carbonyl (C=O) groups excluding carboxylic acids is 6. The van der Waals surface area contributed by atoms with Crippen molar-refractivity contribution in [2.24, 2.45) is 5.92 Å². The summed E-state index contributed by atoms with van der Waals surface area (Å²) >= 11 is 0. The lowest BCUT2D eigenvalue weighted by atomic mass is 9.95. The van der Waals surface area contributed by atoms with E-state index in [1.807, 2.05) is 0 Å². The van der Waals surface area contributed by atoms with Gasteiger partial charge in [-0.3, -0.25) is 28.8 Å². The van der Waals surface area contributed by atoms with E-state index < -0.39 is 92.8 Å². The molecule has 16 heteroatoms. The van der Waals surface area contributed by atoms with Gasteiger partial charge in [-0.1, -0.05) is 0 Å². The largest absolute Gasteiger partial charge is 0.465 e. The molecule has 228 valence electrons. The van der Waals surface area contributed by atoms with Crippen LogP contribution in [0.1, 0.15) is 55.4 Å². The molecule has 0 aromatic carbocycles. The quantitative estimate of drug-likeness (QED) is 0.165. The minimum atomic E-state index is -4.95. The summed E-state index contributed by atoms with van der Waals surface area (Å²) in [5.74, 6) is -8.16. The van der Waals surface area contributed by atoms with Gasteiger partial charge in [-0.25, -0.2) is 8.42 Å². The van der Waals surface area contributed by atoms with Crippen LogP contribution in [0, 0.1) is 5.92 Å². The van der Waals surface area contributed by atoms with Crippen molar-refractivity contribution in [3.63, 3.8) is 0 Å². The predicted octanol–water partition coefficient (Wildman–Crippen LogP) is 0.00530. The van der Waals surface area contributed by atoms with Crippen molar-refractivity contribution < 1.29 is 70.3 Å². The molecular formula is C24H36O15S. The Bertz CT molecular complexity index is 1060. The zero-order valence-electron chi connectivity index (χ0n) is 23.6. The summed E-state index contributed by atoms with van der Waals surface area (Å²) in [6.45, 7) is 7.87. The van der Waals surface area contributed by atoms with Crippen molar-refractivity contribution in [1.82, 2.24) is 0 Å². The van der Waals surface area contributed by atoms with Crippen molar-refractivity contribution >= 4 is 45.7 Å². The third-order valence-corrected chi connectivity index (χ3v) is 8.42. The van der Waals surface area contributed by atoms with Crippen LogP contribution in [0.3, 0.4) is 0 Å². The van der Waals surface area contributed by atoms with E-state index in [2.05, 4.69) is 0 Å². The summed E-state index contributed by atoms with van der Waals surface area (Å²) in [7, 11) is -4.95. The van der Waals surface area contributed by atoms with E-state index in [-0.39, 0.29) is 13.2 Å². The lowest BCUT2D eigenvalue weighted by molar-refractivity contribution is -0.239. The Morgan fingerprint density at radius 3 is 1.52 bits per heavy atom. The topological polar surface area (TPSA) is 201 Å². The number of sulfone groups is 1. The monoisotopic (exact) mass is 596 g/mol. The highest BCUT2D eigenvalue weighted by molar-refractivity contribution is 7.93. The van der Waals surface area contributed by atoms with Gasteiger partial charge in [0, 0.05) is 27.7 Å². The van der Waals surface area contributed by atoms with Gasteiger partial charge < -0.3 is 33.2 Å². The number of hydrogen-bond donors (Lipinski definition) is 0. The van der Waals surface area contributed by atoms with Gasteiger partial charge in [0.05, 0.1) is 18.0 Å². The van der Waals surface area contributed by atoms with Crippen LogP contribution < -0.4 is 0 Å². The van der Waals surface area contributed by atoms with Gasteiger partial charge >= 0.3 is 35.8 Å². The molecule has 0 N–H and O–H groups in total. The van der Waals surface area contributed by atoms with Crippen LogP contribution in [-0.2, 0) is 71.8 Å². The maximum Gasteiger partial charge on any atom is 0.321 e. The van der Waals surface area contributed by atoms with Gasteiger partial charge in [-0.15, -0.1) is 0 Å². The van der Waals surface area contributed by atoms with Crippen molar-refractivity contribution in [2.75, 3.05) is 19.8 Å². The van der Waals surface area contributed by atoms with Crippen LogP contribution in [0.25, 0.3) is 0 Å². The van der Waals surface area contributed by atoms with Gasteiger partial charge in [0.15, 0.2) is 39.5 Å². The van der Waals surface area contributed by atoms with Crippen LogP contribution >= 0.6 is 0 Å². The number of carbonyl (C=O) groups is 6. The molecule has 1 rings (SSSR count). The molecule has 0 aromatic rings. The van der Waals surface area contributed by atoms with Crippen molar-refractivity contribution in [1.29, 1.82) is 0 Å². The number of hydrogen-bond acceptors (Lipinski definition) is 15. The van der Waals surface area contributed by atoms with Crippen LogP contribution in [0.2, 0.25) is 0 Å². The summed E-state index contributed by atoms with van der Waals surface area (Å²) in [5.41, 5.74) is -2.23. The van der Waals surface area contributed by atoms with Crippen LogP contribution in [-0.4, -0.2) is 98.7 Å². The molecule has 40 heavy (non-hydrogen) atoms. The Kier molecular flexibility index (Phi) is 12.5. The molecule has 1 heterocycles. The molecule has 1 aliphatic rings. The zero-order chi connectivity index (χ0) is 31.0. The molecule has 0 saturated carbocycles. The first-order valence-corrected chi connectivity index (χ1v) is 13.8. The Morgan fingerprint density at radius 1 is 0.700 bits per heavy atom. The molecule has 1 saturated heterocycles. The fourth-order valence-corrected chi connectivity index (χ4v) is 5.99. The second-order valence-electron chi connectivity index (χ2n) is 9.15. The van der Waals surface area contributed by atoms with E-state index in [1.165, 1.54) is 13.8 Å². The van der Waals surface area contributed by atoms with E-state index in [1.54, 1.807) is 0 Å². The second kappa shape index (κ2) is 14.4. The Morgan fingerprint density at radius 2 is 1.12 bits per heavy atom. The Balaban J connectivity index is 3.87. The molecule has 0 bridgehead atoms. The first-order chi connectivity index (χ1) is 18.4. The molecular weight excluding hydrogens is 560 g/mol. The van der Waals surface area contributed by atoms with Crippen molar-refractivity contribution in [2.45, 2.75) is 90.0 Å². The smallest absolute Gasteiger partial charge is 0.321 e. The summed E-state index contributed by atoms with van der Waals surface area (Å²) < 4.78 is 62.4. The standard InChI is InChI=1S/C24H36O15S/c1-9-33-21(29)17(22(30)34-10-2)24(7,8)40(31,32)23-20(38-15(6)28)19(37-14(5)27)18(36-13(4)26)16(39-23)11-35-12(3)25/h16-20,23H,9-11H2,1-8H3/t16-,18-,19+,20-,23+/m1/s1. The van der Waals surface area contributed by atoms with E-state index in [4.69, 9.17) is 33.2 Å². The van der Waals surface area contributed by atoms with Gasteiger partial charge in [0.1, 0.15) is 12.7 Å². The maximum absolute atomic E-state index is 14.2. The molecule has 0 aromatic heterocycles. The fraction of sp³-hybridized carbons (Fsp3) is 0.750. The average molecular weight is 597 g/mol. The van der Waals surface area contributed by atoms with E-state index >= 15 is 0 Å².